The van der Waals surface area contributed by atoms with Crippen LogP contribution in [-0.4, -0.2) is 11.7 Å². The van der Waals surface area contributed by atoms with Crippen molar-refractivity contribution in [3.05, 3.63) is 17.7 Å². The molecule has 0 fully saturated rings. The number of allylic oxidation sites excluding steroid dienone is 3. The molecule has 0 atom stereocenters. The molecule has 0 aromatic carbocycles. The second-order valence-corrected chi connectivity index (χ2v) is 5.05. The maximum absolute atomic E-state index is 11.7. The Kier molecular flexibility index (Phi) is 8.16. The summed E-state index contributed by atoms with van der Waals surface area (Å²) in [5, 5.41) is 0. The summed E-state index contributed by atoms with van der Waals surface area (Å²) in [7, 11) is 0. The molecular formula is C16H24O2. The van der Waals surface area contributed by atoms with Gasteiger partial charge < -0.3 is 0 Å². The van der Waals surface area contributed by atoms with Gasteiger partial charge in [-0.2, -0.15) is 0 Å². The van der Waals surface area contributed by atoms with Gasteiger partial charge in [0.05, 0.1) is 5.57 Å². The average molecular weight is 248 g/mol. The molecule has 0 bridgehead atoms. The van der Waals surface area contributed by atoms with Crippen LogP contribution in [0.3, 0.4) is 0 Å². The number of rotatable bonds is 0. The summed E-state index contributed by atoms with van der Waals surface area (Å²) in [6.45, 7) is 0. The zero-order chi connectivity index (χ0) is 13.1. The van der Waals surface area contributed by atoms with Gasteiger partial charge in [0, 0.05) is 12.8 Å². The van der Waals surface area contributed by atoms with E-state index in [1.165, 1.54) is 38.5 Å². The van der Waals surface area contributed by atoms with Gasteiger partial charge in [0.15, 0.2) is 5.78 Å². The molecule has 1 aliphatic carbocycles. The second-order valence-electron chi connectivity index (χ2n) is 5.05. The van der Waals surface area contributed by atoms with Crippen LogP contribution in [-0.2, 0) is 9.59 Å². The molecule has 0 unspecified atom stereocenters. The van der Waals surface area contributed by atoms with Gasteiger partial charge in [-0.3, -0.25) is 4.79 Å². The molecule has 18 heavy (non-hydrogen) atoms. The van der Waals surface area contributed by atoms with Crippen molar-refractivity contribution in [2.45, 2.75) is 70.6 Å². The van der Waals surface area contributed by atoms with Crippen molar-refractivity contribution >= 4 is 11.7 Å². The summed E-state index contributed by atoms with van der Waals surface area (Å²) in [5.74, 6) is 1.80. The van der Waals surface area contributed by atoms with Crippen LogP contribution in [0, 0.1) is 0 Å². The molecule has 0 heterocycles. The fourth-order valence-electron chi connectivity index (χ4n) is 2.29. The second kappa shape index (κ2) is 9.85. The van der Waals surface area contributed by atoms with E-state index < -0.39 is 0 Å². The first-order valence-electron chi connectivity index (χ1n) is 7.27. The minimum atomic E-state index is -0.00970. The van der Waals surface area contributed by atoms with E-state index >= 15 is 0 Å². The summed E-state index contributed by atoms with van der Waals surface area (Å²) < 4.78 is 0. The molecule has 0 aliphatic heterocycles. The Labute approximate surface area is 110 Å². The maximum atomic E-state index is 11.7. The van der Waals surface area contributed by atoms with Crippen molar-refractivity contribution < 1.29 is 9.59 Å². The molecule has 0 amide bonds. The third-order valence-corrected chi connectivity index (χ3v) is 3.47. The van der Waals surface area contributed by atoms with E-state index in [1.54, 1.807) is 0 Å². The van der Waals surface area contributed by atoms with Gasteiger partial charge in [-0.15, -0.1) is 0 Å². The first kappa shape index (κ1) is 14.9. The van der Waals surface area contributed by atoms with Gasteiger partial charge in [-0.05, 0) is 19.3 Å². The minimum absolute atomic E-state index is 0.00970. The Hall–Kier alpha value is -1.14. The number of Topliss-reactive ketones (excluding diaryl/α,β-unsaturated/α-hetero) is 1. The molecule has 0 N–H and O–H groups in total. The Morgan fingerprint density at radius 1 is 0.833 bits per heavy atom. The fraction of sp³-hybridized carbons (Fsp3) is 0.688. The van der Waals surface area contributed by atoms with Crippen molar-refractivity contribution in [2.24, 2.45) is 0 Å². The molecule has 2 heteroatoms. The Bertz CT molecular complexity index is 322. The van der Waals surface area contributed by atoms with Crippen LogP contribution in [0.5, 0.6) is 0 Å². The van der Waals surface area contributed by atoms with Gasteiger partial charge in [-0.25, -0.2) is 4.79 Å². The third-order valence-electron chi connectivity index (χ3n) is 3.47. The quantitative estimate of drug-likeness (QED) is 0.366. The largest absolute Gasteiger partial charge is 0.294 e. The van der Waals surface area contributed by atoms with Crippen LogP contribution >= 0.6 is 0 Å². The summed E-state index contributed by atoms with van der Waals surface area (Å²) >= 11 is 0. The highest BCUT2D eigenvalue weighted by molar-refractivity contribution is 6.02. The standard InChI is InChI=1S/C16H24O2/c17-14-15-12-10-8-6-4-2-1-3-5-7-9-11-13-16(15)18/h8,10H,1-7,9,11-13H2/b10-8-. The highest BCUT2D eigenvalue weighted by atomic mass is 16.1. The summed E-state index contributed by atoms with van der Waals surface area (Å²) in [5.41, 5.74) is 0.320. The maximum Gasteiger partial charge on any atom is 0.170 e. The molecule has 1 rings (SSSR count). The highest BCUT2D eigenvalue weighted by Crippen LogP contribution is 2.14. The lowest BCUT2D eigenvalue weighted by Crippen LogP contribution is -2.02. The Balaban J connectivity index is 2.47. The molecule has 2 nitrogen and oxygen atoms in total. The monoisotopic (exact) mass is 248 g/mol. The van der Waals surface area contributed by atoms with Crippen LogP contribution in [0.4, 0.5) is 0 Å². The van der Waals surface area contributed by atoms with Crippen LogP contribution < -0.4 is 0 Å². The van der Waals surface area contributed by atoms with E-state index in [0.717, 1.165) is 19.3 Å². The predicted octanol–water partition coefficient (Wildman–Crippen LogP) is 4.17. The molecule has 0 radical (unpaired) electrons. The number of hydrogen-bond donors (Lipinski definition) is 0. The number of carbonyl (C=O) groups is 1. The lowest BCUT2D eigenvalue weighted by molar-refractivity contribution is -0.115. The predicted molar refractivity (Wildman–Crippen MR) is 74.1 cm³/mol. The summed E-state index contributed by atoms with van der Waals surface area (Å²) in [4.78, 5) is 22.5. The molecule has 0 saturated heterocycles. The minimum Gasteiger partial charge on any atom is -0.294 e. The Morgan fingerprint density at radius 2 is 1.44 bits per heavy atom. The number of hydrogen-bond acceptors (Lipinski definition) is 2. The molecular weight excluding hydrogens is 224 g/mol. The van der Waals surface area contributed by atoms with Crippen molar-refractivity contribution in [1.29, 1.82) is 0 Å². The van der Waals surface area contributed by atoms with Crippen LogP contribution in [0.1, 0.15) is 70.6 Å². The first-order valence-corrected chi connectivity index (χ1v) is 7.27. The van der Waals surface area contributed by atoms with Gasteiger partial charge in [-0.1, -0.05) is 50.7 Å². The normalized spacial score (nSPS) is 22.7. The zero-order valence-corrected chi connectivity index (χ0v) is 11.2. The topological polar surface area (TPSA) is 34.1 Å². The van der Waals surface area contributed by atoms with E-state index in [0.29, 0.717) is 18.4 Å². The molecule has 100 valence electrons. The third kappa shape index (κ3) is 6.56. The van der Waals surface area contributed by atoms with Crippen molar-refractivity contribution in [1.82, 2.24) is 0 Å². The smallest absolute Gasteiger partial charge is 0.170 e. The van der Waals surface area contributed by atoms with Gasteiger partial charge in [0.25, 0.3) is 0 Å². The molecule has 1 aliphatic rings. The SMILES string of the molecule is O=C=C1C/C=C\CCCCCCCCCCC1=O. The molecule has 0 aromatic rings. The molecule has 0 saturated carbocycles. The Morgan fingerprint density at radius 3 is 2.11 bits per heavy atom. The molecule has 0 aromatic heterocycles. The van der Waals surface area contributed by atoms with Crippen molar-refractivity contribution in [3.63, 3.8) is 0 Å². The van der Waals surface area contributed by atoms with Crippen molar-refractivity contribution in [2.75, 3.05) is 0 Å². The number of carbonyl (C=O) groups excluding carboxylic acids is 2. The van der Waals surface area contributed by atoms with E-state index in [1.807, 2.05) is 12.0 Å². The highest BCUT2D eigenvalue weighted by Gasteiger charge is 2.08. The van der Waals surface area contributed by atoms with Crippen molar-refractivity contribution in [3.8, 4) is 0 Å². The van der Waals surface area contributed by atoms with Gasteiger partial charge in [0.2, 0.25) is 0 Å². The molecule has 0 spiro atoms. The number of ketones is 1. The average Bonchev–Trinajstić information content (AvgIpc) is 2.39. The lowest BCUT2D eigenvalue weighted by Gasteiger charge is -2.01. The summed E-state index contributed by atoms with van der Waals surface area (Å²) in [6, 6.07) is 0. The zero-order valence-electron chi connectivity index (χ0n) is 11.2. The van der Waals surface area contributed by atoms with E-state index in [-0.39, 0.29) is 5.78 Å². The van der Waals surface area contributed by atoms with Gasteiger partial charge >= 0.3 is 0 Å². The van der Waals surface area contributed by atoms with E-state index in [4.69, 9.17) is 0 Å². The van der Waals surface area contributed by atoms with E-state index in [9.17, 15) is 9.59 Å². The fourth-order valence-corrected chi connectivity index (χ4v) is 2.29. The van der Waals surface area contributed by atoms with Crippen LogP contribution in [0.25, 0.3) is 0 Å². The summed E-state index contributed by atoms with van der Waals surface area (Å²) in [6.07, 6.45) is 15.7. The van der Waals surface area contributed by atoms with Gasteiger partial charge in [0.1, 0.15) is 5.94 Å². The van der Waals surface area contributed by atoms with Crippen LogP contribution in [0.2, 0.25) is 0 Å². The van der Waals surface area contributed by atoms with E-state index in [2.05, 4.69) is 6.08 Å². The van der Waals surface area contributed by atoms with Crippen LogP contribution in [0.15, 0.2) is 17.7 Å². The lowest BCUT2D eigenvalue weighted by atomic mass is 10.0. The first-order chi connectivity index (χ1) is 8.84.